The SMILES string of the molecule is COCC[N+]1=C(C=CC=CC=CC=C2N(CCCCCC(=O)O)c3ccc(S(=O)(=O)O)cc3C2(C)CCOC)C(C)(CCCS(=O)(=O)O)c2cc(S(=O)(=O)[O-])ccc21. The fourth-order valence-electron chi connectivity index (χ4n) is 7.69. The summed E-state index contributed by atoms with van der Waals surface area (Å²) in [4.78, 5) is 12.5. The number of carboxylic acid groups (broad SMARTS) is 1. The summed E-state index contributed by atoms with van der Waals surface area (Å²) in [6, 6.07) is 8.62. The van der Waals surface area contributed by atoms with E-state index in [4.69, 9.17) is 14.6 Å². The second-order valence-electron chi connectivity index (χ2n) is 14.7. The van der Waals surface area contributed by atoms with Gasteiger partial charge in [-0.25, -0.2) is 8.42 Å². The maximum Gasteiger partial charge on any atom is 0.303 e. The molecule has 2 aromatic carbocycles. The van der Waals surface area contributed by atoms with Gasteiger partial charge < -0.3 is 24.0 Å². The van der Waals surface area contributed by atoms with Crippen molar-refractivity contribution in [1.82, 2.24) is 0 Å². The third-order valence-electron chi connectivity index (χ3n) is 10.6. The van der Waals surface area contributed by atoms with Crippen molar-refractivity contribution >= 4 is 53.4 Å². The summed E-state index contributed by atoms with van der Waals surface area (Å²) in [6.07, 6.45) is 15.4. The van der Waals surface area contributed by atoms with Crippen LogP contribution in [0.25, 0.3) is 0 Å². The van der Waals surface area contributed by atoms with Crippen LogP contribution in [0, 0.1) is 0 Å². The second-order valence-corrected chi connectivity index (χ2v) is 19.0. The van der Waals surface area contributed by atoms with Gasteiger partial charge in [-0.2, -0.15) is 21.4 Å². The summed E-state index contributed by atoms with van der Waals surface area (Å²) in [5.74, 6) is -1.37. The molecule has 0 saturated carbocycles. The molecule has 0 aromatic heterocycles. The second kappa shape index (κ2) is 19.4. The average molecular weight is 865 g/mol. The Balaban J connectivity index is 1.70. The normalized spacial score (nSPS) is 20.7. The van der Waals surface area contributed by atoms with Crippen LogP contribution in [-0.2, 0) is 55.5 Å². The number of carboxylic acids is 1. The average Bonchev–Trinajstić information content (AvgIpc) is 3.50. The van der Waals surface area contributed by atoms with Crippen molar-refractivity contribution in [3.63, 3.8) is 0 Å². The van der Waals surface area contributed by atoms with E-state index in [-0.39, 0.29) is 24.2 Å². The number of hydrogen-bond acceptors (Lipinski definition) is 11. The Morgan fingerprint density at radius 3 is 2.10 bits per heavy atom. The number of anilines is 1. The predicted molar refractivity (Wildman–Crippen MR) is 218 cm³/mol. The summed E-state index contributed by atoms with van der Waals surface area (Å²) in [7, 11) is -10.4. The number of methoxy groups -OCH3 is 2. The molecule has 0 bridgehead atoms. The fraction of sp³-hybridized carbons (Fsp3) is 0.450. The minimum absolute atomic E-state index is 0.0511. The summed E-state index contributed by atoms with van der Waals surface area (Å²) in [5, 5.41) is 9.08. The third-order valence-corrected chi connectivity index (χ3v) is 13.1. The van der Waals surface area contributed by atoms with Gasteiger partial charge in [-0.3, -0.25) is 13.9 Å². The van der Waals surface area contributed by atoms with Gasteiger partial charge in [0.1, 0.15) is 16.7 Å². The van der Waals surface area contributed by atoms with Gasteiger partial charge in [-0.05, 0) is 87.9 Å². The summed E-state index contributed by atoms with van der Waals surface area (Å²) in [6.45, 7) is 5.37. The molecule has 0 saturated heterocycles. The maximum atomic E-state index is 12.1. The quantitative estimate of drug-likeness (QED) is 0.0574. The molecule has 0 aliphatic carbocycles. The van der Waals surface area contributed by atoms with Crippen molar-refractivity contribution in [3.8, 4) is 0 Å². The number of unbranched alkanes of at least 4 members (excludes halogenated alkanes) is 2. The van der Waals surface area contributed by atoms with E-state index >= 15 is 0 Å². The van der Waals surface area contributed by atoms with Crippen molar-refractivity contribution in [2.45, 2.75) is 79.4 Å². The largest absolute Gasteiger partial charge is 0.744 e. The lowest BCUT2D eigenvalue weighted by Gasteiger charge is -2.30. The highest BCUT2D eigenvalue weighted by atomic mass is 32.2. The summed E-state index contributed by atoms with van der Waals surface area (Å²) in [5.41, 5.74) is 2.53. The number of fused-ring (bicyclic) bond motifs is 2. The first-order chi connectivity index (χ1) is 27.2. The Labute approximate surface area is 341 Å². The number of rotatable bonds is 22. The van der Waals surface area contributed by atoms with E-state index in [0.29, 0.717) is 74.5 Å². The van der Waals surface area contributed by atoms with Gasteiger partial charge in [0, 0.05) is 68.3 Å². The lowest BCUT2D eigenvalue weighted by Crippen LogP contribution is -2.32. The summed E-state index contributed by atoms with van der Waals surface area (Å²) >= 11 is 0. The number of aliphatic carboxylic acids is 1. The summed E-state index contributed by atoms with van der Waals surface area (Å²) < 4.78 is 116. The lowest BCUT2D eigenvalue weighted by molar-refractivity contribution is -0.441. The Bertz CT molecular complexity index is 2330. The van der Waals surface area contributed by atoms with E-state index in [1.165, 1.54) is 31.4 Å². The zero-order chi connectivity index (χ0) is 42.9. The molecule has 2 unspecified atom stereocenters. The van der Waals surface area contributed by atoms with Crippen molar-refractivity contribution in [2.75, 3.05) is 51.2 Å². The first kappa shape index (κ1) is 46.7. The zero-order valence-corrected chi connectivity index (χ0v) is 35.5. The smallest absolute Gasteiger partial charge is 0.303 e. The molecule has 0 fully saturated rings. The van der Waals surface area contributed by atoms with E-state index in [1.807, 2.05) is 36.7 Å². The van der Waals surface area contributed by atoms with E-state index in [9.17, 15) is 43.7 Å². The van der Waals surface area contributed by atoms with E-state index in [0.717, 1.165) is 11.4 Å². The molecule has 15 nitrogen and oxygen atoms in total. The molecule has 2 aromatic rings. The van der Waals surface area contributed by atoms with Crippen molar-refractivity contribution in [2.24, 2.45) is 0 Å². The molecule has 2 atom stereocenters. The Hall–Kier alpha value is -4.01. The van der Waals surface area contributed by atoms with Gasteiger partial charge >= 0.3 is 5.97 Å². The molecule has 0 spiro atoms. The van der Waals surface area contributed by atoms with E-state index < -0.39 is 57.8 Å². The molecular formula is C40H52N2O13S3. The minimum atomic E-state index is -4.80. The first-order valence-electron chi connectivity index (χ1n) is 18.7. The van der Waals surface area contributed by atoms with Crippen molar-refractivity contribution in [1.29, 1.82) is 0 Å². The molecule has 58 heavy (non-hydrogen) atoms. The van der Waals surface area contributed by atoms with Crippen molar-refractivity contribution in [3.05, 3.63) is 95.8 Å². The third kappa shape index (κ3) is 11.4. The van der Waals surface area contributed by atoms with Crippen LogP contribution in [0.5, 0.6) is 0 Å². The molecule has 2 heterocycles. The number of allylic oxidation sites excluding steroid dienone is 8. The van der Waals surface area contributed by atoms with Crippen LogP contribution in [0.4, 0.5) is 11.4 Å². The van der Waals surface area contributed by atoms with Crippen LogP contribution in [0.3, 0.4) is 0 Å². The highest BCUT2D eigenvalue weighted by molar-refractivity contribution is 7.86. The predicted octanol–water partition coefficient (Wildman–Crippen LogP) is 5.52. The van der Waals surface area contributed by atoms with Crippen LogP contribution in [-0.4, -0.2) is 107 Å². The molecule has 3 N–H and O–H groups in total. The van der Waals surface area contributed by atoms with Gasteiger partial charge in [-0.15, -0.1) is 0 Å². The Kier molecular flexibility index (Phi) is 15.6. The van der Waals surface area contributed by atoms with E-state index in [1.54, 1.807) is 43.5 Å². The first-order valence-corrected chi connectivity index (χ1v) is 23.1. The van der Waals surface area contributed by atoms with Gasteiger partial charge in [0.2, 0.25) is 5.69 Å². The van der Waals surface area contributed by atoms with Gasteiger partial charge in [0.25, 0.3) is 20.2 Å². The topological polar surface area (TPSA) is 228 Å². The maximum absolute atomic E-state index is 12.1. The van der Waals surface area contributed by atoms with Crippen LogP contribution < -0.4 is 4.90 Å². The molecule has 2 aliphatic rings. The van der Waals surface area contributed by atoms with Crippen LogP contribution in [0.15, 0.2) is 94.4 Å². The Morgan fingerprint density at radius 1 is 0.810 bits per heavy atom. The van der Waals surface area contributed by atoms with Crippen molar-refractivity contribution < 1.29 is 62.9 Å². The van der Waals surface area contributed by atoms with Crippen LogP contribution >= 0.6 is 0 Å². The molecule has 0 radical (unpaired) electrons. The van der Waals surface area contributed by atoms with E-state index in [2.05, 4.69) is 4.90 Å². The zero-order valence-electron chi connectivity index (χ0n) is 33.0. The lowest BCUT2D eigenvalue weighted by atomic mass is 9.76. The highest BCUT2D eigenvalue weighted by Gasteiger charge is 2.48. The van der Waals surface area contributed by atoms with Crippen LogP contribution in [0.1, 0.15) is 69.9 Å². The van der Waals surface area contributed by atoms with Gasteiger partial charge in [0.15, 0.2) is 12.3 Å². The fourth-order valence-corrected chi connectivity index (χ4v) is 9.21. The highest BCUT2D eigenvalue weighted by Crippen LogP contribution is 2.51. The Morgan fingerprint density at radius 2 is 1.47 bits per heavy atom. The number of carbonyl (C=O) groups is 1. The molecule has 18 heteroatoms. The van der Waals surface area contributed by atoms with Gasteiger partial charge in [-0.1, -0.05) is 36.8 Å². The molecule has 318 valence electrons. The molecule has 4 rings (SSSR count). The van der Waals surface area contributed by atoms with Crippen LogP contribution in [0.2, 0.25) is 0 Å². The number of ether oxygens (including phenoxy) is 2. The number of nitrogens with zero attached hydrogens (tertiary/aromatic N) is 2. The minimum Gasteiger partial charge on any atom is -0.744 e. The number of benzene rings is 2. The molecule has 0 amide bonds. The number of hydrogen-bond donors (Lipinski definition) is 3. The monoisotopic (exact) mass is 864 g/mol. The molecule has 2 aliphatic heterocycles. The standard InChI is InChI=1S/C40H52N2O13S3/c1-39(21-13-27-56(45,46)47)32-28-30(57(48,49)50)18-20-35(32)42(24-26-55-4)36(39)14-9-6-5-7-10-15-37-40(2,22-25-54-3)33-29-31(58(51,52)53)17-19-34(33)41(37)23-12-8-11-16-38(43)44/h5-7,9-10,14-15,17-20,28-29H,8,11-13,16,21-27H2,1-4H3,(H3-,43,44,45,46,47,48,49,50,51,52,53). The van der Waals surface area contributed by atoms with Gasteiger partial charge in [0.05, 0.1) is 21.0 Å². The molecular weight excluding hydrogens is 813 g/mol.